The summed E-state index contributed by atoms with van der Waals surface area (Å²) in [6.45, 7) is 4.28. The molecule has 2 rings (SSSR count). The van der Waals surface area contributed by atoms with Crippen molar-refractivity contribution in [3.63, 3.8) is 0 Å². The Kier molecular flexibility index (Phi) is 3.98. The third-order valence-electron chi connectivity index (χ3n) is 3.22. The number of carbonyl (C=O) groups excluding carboxylic acids is 1. The second kappa shape index (κ2) is 5.49. The molecule has 0 radical (unpaired) electrons. The van der Waals surface area contributed by atoms with Crippen molar-refractivity contribution < 1.29 is 13.6 Å². The zero-order chi connectivity index (χ0) is 13.1. The van der Waals surface area contributed by atoms with Gasteiger partial charge < -0.3 is 14.4 Å². The summed E-state index contributed by atoms with van der Waals surface area (Å²) in [6, 6.07) is 7.17. The second-order valence-electron chi connectivity index (χ2n) is 4.38. The van der Waals surface area contributed by atoms with E-state index in [9.17, 15) is 9.00 Å². The summed E-state index contributed by atoms with van der Waals surface area (Å²) in [5, 5.41) is 0. The first-order valence-electron chi connectivity index (χ1n) is 5.78. The Balaban J connectivity index is 2.08. The van der Waals surface area contributed by atoms with E-state index < -0.39 is 11.1 Å². The highest BCUT2D eigenvalue weighted by Crippen LogP contribution is 2.20. The van der Waals surface area contributed by atoms with Crippen LogP contribution >= 0.6 is 0 Å². The van der Waals surface area contributed by atoms with Crippen LogP contribution in [0.5, 0.6) is 0 Å². The molecule has 0 aliphatic carbocycles. The summed E-state index contributed by atoms with van der Waals surface area (Å²) < 4.78 is 19.8. The van der Waals surface area contributed by atoms with Crippen LogP contribution in [0.15, 0.2) is 29.2 Å². The summed E-state index contributed by atoms with van der Waals surface area (Å²) in [7, 11) is 0. The van der Waals surface area contributed by atoms with E-state index in [4.69, 9.17) is 4.55 Å². The van der Waals surface area contributed by atoms with Crippen LogP contribution in [0.2, 0.25) is 0 Å². The van der Waals surface area contributed by atoms with E-state index in [0.717, 1.165) is 25.2 Å². The lowest BCUT2D eigenvalue weighted by atomic mass is 10.2. The van der Waals surface area contributed by atoms with Crippen molar-refractivity contribution >= 4 is 23.2 Å². The van der Waals surface area contributed by atoms with E-state index in [2.05, 4.69) is 4.90 Å². The lowest BCUT2D eigenvalue weighted by Gasteiger charge is -2.39. The summed E-state index contributed by atoms with van der Waals surface area (Å²) in [4.78, 5) is 15.1. The minimum atomic E-state index is -1.93. The van der Waals surface area contributed by atoms with Crippen LogP contribution in [-0.4, -0.2) is 45.7 Å². The molecule has 98 valence electrons. The van der Waals surface area contributed by atoms with Crippen LogP contribution in [0.4, 0.5) is 5.69 Å². The number of anilines is 1. The third kappa shape index (κ3) is 2.70. The fourth-order valence-electron chi connectivity index (χ4n) is 2.14. The van der Waals surface area contributed by atoms with Gasteiger partial charge in [0.2, 0.25) is 6.41 Å². The SMILES string of the molecule is CC1CN(c2ccc(S(=O)O)cc2)CCN1C=O. The Morgan fingerprint density at radius 1 is 1.33 bits per heavy atom. The van der Waals surface area contributed by atoms with Crippen LogP contribution in [0.3, 0.4) is 0 Å². The number of piperazine rings is 1. The predicted octanol–water partition coefficient (Wildman–Crippen LogP) is 0.934. The van der Waals surface area contributed by atoms with E-state index in [1.807, 2.05) is 19.1 Å². The minimum Gasteiger partial charge on any atom is -0.368 e. The van der Waals surface area contributed by atoms with Crippen molar-refractivity contribution in [3.05, 3.63) is 24.3 Å². The topological polar surface area (TPSA) is 60.9 Å². The molecule has 1 fully saturated rings. The average molecular weight is 268 g/mol. The van der Waals surface area contributed by atoms with Gasteiger partial charge in [0.1, 0.15) is 0 Å². The minimum absolute atomic E-state index is 0.183. The number of rotatable bonds is 3. The molecule has 0 bridgehead atoms. The first-order valence-corrected chi connectivity index (χ1v) is 6.89. The van der Waals surface area contributed by atoms with Gasteiger partial charge in [-0.25, -0.2) is 4.21 Å². The molecule has 2 atom stereocenters. The van der Waals surface area contributed by atoms with Gasteiger partial charge in [-0.1, -0.05) is 0 Å². The van der Waals surface area contributed by atoms with Gasteiger partial charge in [-0.2, -0.15) is 0 Å². The number of benzene rings is 1. The van der Waals surface area contributed by atoms with Gasteiger partial charge in [-0.05, 0) is 31.2 Å². The molecule has 2 unspecified atom stereocenters. The van der Waals surface area contributed by atoms with Gasteiger partial charge in [0, 0.05) is 31.4 Å². The predicted molar refractivity (Wildman–Crippen MR) is 69.9 cm³/mol. The summed E-state index contributed by atoms with van der Waals surface area (Å²) >= 11 is -1.93. The van der Waals surface area contributed by atoms with Crippen molar-refractivity contribution in [1.82, 2.24) is 4.90 Å². The van der Waals surface area contributed by atoms with Crippen LogP contribution < -0.4 is 4.90 Å². The Labute approximate surface area is 109 Å². The lowest BCUT2D eigenvalue weighted by molar-refractivity contribution is -0.120. The van der Waals surface area contributed by atoms with Crippen molar-refractivity contribution in [1.29, 1.82) is 0 Å². The largest absolute Gasteiger partial charge is 0.368 e. The van der Waals surface area contributed by atoms with Crippen LogP contribution in [0, 0.1) is 0 Å². The Hall–Kier alpha value is -1.40. The van der Waals surface area contributed by atoms with Crippen LogP contribution in [0.1, 0.15) is 6.92 Å². The molecule has 1 aliphatic rings. The molecule has 0 spiro atoms. The molecule has 1 N–H and O–H groups in total. The number of amides is 1. The van der Waals surface area contributed by atoms with Gasteiger partial charge >= 0.3 is 0 Å². The zero-order valence-corrected chi connectivity index (χ0v) is 11.0. The number of carbonyl (C=O) groups is 1. The third-order valence-corrected chi connectivity index (χ3v) is 3.89. The van der Waals surface area contributed by atoms with E-state index >= 15 is 0 Å². The Morgan fingerprint density at radius 3 is 2.50 bits per heavy atom. The van der Waals surface area contributed by atoms with Crippen molar-refractivity contribution in [2.45, 2.75) is 17.9 Å². The summed E-state index contributed by atoms with van der Waals surface area (Å²) in [6.07, 6.45) is 0.889. The van der Waals surface area contributed by atoms with E-state index in [1.54, 1.807) is 17.0 Å². The maximum absolute atomic E-state index is 10.9. The molecular formula is C12H16N2O3S. The highest BCUT2D eigenvalue weighted by atomic mass is 32.2. The van der Waals surface area contributed by atoms with Crippen LogP contribution in [-0.2, 0) is 15.9 Å². The average Bonchev–Trinajstić information content (AvgIpc) is 2.38. The van der Waals surface area contributed by atoms with Crippen molar-refractivity contribution in [2.75, 3.05) is 24.5 Å². The first-order chi connectivity index (χ1) is 8.61. The molecular weight excluding hydrogens is 252 g/mol. The molecule has 0 saturated carbocycles. The highest BCUT2D eigenvalue weighted by molar-refractivity contribution is 7.79. The standard InChI is InChI=1S/C12H16N2O3S/c1-10-8-13(6-7-14(10)9-15)11-2-4-12(5-3-11)18(16)17/h2-5,9-10H,6-8H2,1H3,(H,16,17). The van der Waals surface area contributed by atoms with Crippen LogP contribution in [0.25, 0.3) is 0 Å². The molecule has 18 heavy (non-hydrogen) atoms. The maximum Gasteiger partial charge on any atom is 0.210 e. The normalized spacial score (nSPS) is 21.8. The van der Waals surface area contributed by atoms with Gasteiger partial charge in [0.15, 0.2) is 11.1 Å². The zero-order valence-electron chi connectivity index (χ0n) is 10.2. The smallest absolute Gasteiger partial charge is 0.210 e. The maximum atomic E-state index is 10.9. The summed E-state index contributed by atoms with van der Waals surface area (Å²) in [5.41, 5.74) is 1.02. The molecule has 1 heterocycles. The van der Waals surface area contributed by atoms with E-state index in [-0.39, 0.29) is 6.04 Å². The molecule has 5 nitrogen and oxygen atoms in total. The lowest BCUT2D eigenvalue weighted by Crippen LogP contribution is -2.51. The molecule has 1 aromatic carbocycles. The molecule has 1 aliphatic heterocycles. The van der Waals surface area contributed by atoms with Gasteiger partial charge in [-0.3, -0.25) is 4.79 Å². The van der Waals surface area contributed by atoms with Gasteiger partial charge in [-0.15, -0.1) is 0 Å². The van der Waals surface area contributed by atoms with E-state index in [0.29, 0.717) is 11.4 Å². The molecule has 0 aromatic heterocycles. The quantitative estimate of drug-likeness (QED) is 0.654. The molecule has 6 heteroatoms. The van der Waals surface area contributed by atoms with Crippen molar-refractivity contribution in [3.8, 4) is 0 Å². The highest BCUT2D eigenvalue weighted by Gasteiger charge is 2.22. The van der Waals surface area contributed by atoms with Gasteiger partial charge in [0.05, 0.1) is 4.90 Å². The van der Waals surface area contributed by atoms with Crippen molar-refractivity contribution in [2.24, 2.45) is 0 Å². The molecule has 1 saturated heterocycles. The second-order valence-corrected chi connectivity index (χ2v) is 5.35. The van der Waals surface area contributed by atoms with E-state index in [1.165, 1.54) is 0 Å². The number of hydrogen-bond donors (Lipinski definition) is 1. The number of hydrogen-bond acceptors (Lipinski definition) is 3. The molecule has 1 amide bonds. The summed E-state index contributed by atoms with van der Waals surface area (Å²) in [5.74, 6) is 0. The number of nitrogens with zero attached hydrogens (tertiary/aromatic N) is 2. The Morgan fingerprint density at radius 2 is 2.00 bits per heavy atom. The first kappa shape index (κ1) is 13.0. The van der Waals surface area contributed by atoms with Gasteiger partial charge in [0.25, 0.3) is 0 Å². The fourth-order valence-corrected chi connectivity index (χ4v) is 2.51. The monoisotopic (exact) mass is 268 g/mol. The Bertz CT molecular complexity index is 449. The molecule has 1 aromatic rings. The fraction of sp³-hybridized carbons (Fsp3) is 0.417.